The van der Waals surface area contributed by atoms with Crippen LogP contribution in [0.5, 0.6) is 0 Å². The molecule has 0 amide bonds. The smallest absolute Gasteiger partial charge is 0.240 e. The molecule has 47 heavy (non-hydrogen) atoms. The van der Waals surface area contributed by atoms with Crippen molar-refractivity contribution in [1.82, 2.24) is 29.1 Å². The molecule has 6 nitrogen and oxygen atoms in total. The first-order chi connectivity index (χ1) is 23.3. The van der Waals surface area contributed by atoms with Crippen molar-refractivity contribution < 1.29 is 0 Å². The van der Waals surface area contributed by atoms with Gasteiger partial charge in [0.15, 0.2) is 5.82 Å². The van der Waals surface area contributed by atoms with Crippen molar-refractivity contribution in [2.45, 2.75) is 0 Å². The van der Waals surface area contributed by atoms with Crippen molar-refractivity contribution in [3.05, 3.63) is 145 Å². The average molecular weight is 621 g/mol. The highest BCUT2D eigenvalue weighted by Gasteiger charge is 2.21. The second kappa shape index (κ2) is 10.2. The zero-order valence-corrected chi connectivity index (χ0v) is 25.8. The van der Waals surface area contributed by atoms with E-state index in [2.05, 4.69) is 135 Å². The van der Waals surface area contributed by atoms with E-state index in [1.165, 1.54) is 11.1 Å². The maximum Gasteiger partial charge on any atom is 0.240 e. The quantitative estimate of drug-likeness (QED) is 0.196. The fraction of sp³-hybridized carbons (Fsp3) is 0. The van der Waals surface area contributed by atoms with Crippen LogP contribution < -0.4 is 0 Å². The Morgan fingerprint density at radius 1 is 0.447 bits per heavy atom. The maximum absolute atomic E-state index is 5.28. The fourth-order valence-corrected chi connectivity index (χ4v) is 7.67. The van der Waals surface area contributed by atoms with Gasteiger partial charge in [-0.1, -0.05) is 97.1 Å². The van der Waals surface area contributed by atoms with Crippen LogP contribution in [-0.4, -0.2) is 29.1 Å². The lowest BCUT2D eigenvalue weighted by Crippen LogP contribution is -2.10. The molecule has 10 rings (SSSR count). The predicted octanol–water partition coefficient (Wildman–Crippen LogP) is 10.0. The molecule has 0 aliphatic heterocycles. The topological polar surface area (TPSA) is 61.4 Å². The summed E-state index contributed by atoms with van der Waals surface area (Å²) in [4.78, 5) is 20.3. The van der Waals surface area contributed by atoms with Crippen LogP contribution in [0.1, 0.15) is 0 Å². The molecule has 220 valence electrons. The first-order valence-corrected chi connectivity index (χ1v) is 16.4. The van der Waals surface area contributed by atoms with Gasteiger partial charge in [-0.3, -0.25) is 9.13 Å². The molecule has 0 unspecified atom stereocenters. The van der Waals surface area contributed by atoms with E-state index in [1.54, 1.807) is 11.3 Å². The highest BCUT2D eigenvalue weighted by atomic mass is 32.1. The third kappa shape index (κ3) is 3.97. The summed E-state index contributed by atoms with van der Waals surface area (Å²) < 4.78 is 5.38. The van der Waals surface area contributed by atoms with Gasteiger partial charge in [0.2, 0.25) is 11.9 Å². The van der Waals surface area contributed by atoms with Gasteiger partial charge >= 0.3 is 0 Å². The molecule has 0 saturated heterocycles. The lowest BCUT2D eigenvalue weighted by atomic mass is 10.0. The summed E-state index contributed by atoms with van der Waals surface area (Å²) in [5.41, 5.74) is 10.2. The van der Waals surface area contributed by atoms with Gasteiger partial charge < -0.3 is 0 Å². The molecule has 4 aromatic heterocycles. The van der Waals surface area contributed by atoms with Crippen LogP contribution in [-0.2, 0) is 0 Å². The minimum absolute atomic E-state index is 0.562. The second-order valence-electron chi connectivity index (χ2n) is 11.6. The summed E-state index contributed by atoms with van der Waals surface area (Å²) in [6.07, 6.45) is 0. The molecule has 0 radical (unpaired) electrons. The number of nitrogens with zero attached hydrogens (tertiary/aromatic N) is 6. The van der Waals surface area contributed by atoms with Gasteiger partial charge in [0.25, 0.3) is 0 Å². The highest BCUT2D eigenvalue weighted by molar-refractivity contribution is 7.17. The van der Waals surface area contributed by atoms with Gasteiger partial charge in [-0.05, 0) is 53.6 Å². The van der Waals surface area contributed by atoms with Crippen LogP contribution in [0.3, 0.4) is 0 Å². The SMILES string of the molecule is c1ccc(-c2ccc3c(c2)c2ccccc2n3-c2nc(-c3cccc4ncsc34)nc(-n3c4ccccc4c4ccccc43)n2)cc1. The predicted molar refractivity (Wildman–Crippen MR) is 193 cm³/mol. The van der Waals surface area contributed by atoms with E-state index in [-0.39, 0.29) is 0 Å². The van der Waals surface area contributed by atoms with Crippen molar-refractivity contribution in [2.75, 3.05) is 0 Å². The highest BCUT2D eigenvalue weighted by Crippen LogP contribution is 2.37. The van der Waals surface area contributed by atoms with Gasteiger partial charge in [-0.25, -0.2) is 4.98 Å². The third-order valence-electron chi connectivity index (χ3n) is 8.97. The van der Waals surface area contributed by atoms with E-state index < -0.39 is 0 Å². The fourth-order valence-electron chi connectivity index (χ4n) is 6.87. The lowest BCUT2D eigenvalue weighted by Gasteiger charge is -2.13. The third-order valence-corrected chi connectivity index (χ3v) is 9.84. The maximum atomic E-state index is 5.28. The molecule has 0 aliphatic rings. The van der Waals surface area contributed by atoms with Crippen molar-refractivity contribution in [2.24, 2.45) is 0 Å². The lowest BCUT2D eigenvalue weighted by molar-refractivity contribution is 0.893. The summed E-state index contributed by atoms with van der Waals surface area (Å²) in [6.45, 7) is 0. The van der Waals surface area contributed by atoms with Crippen molar-refractivity contribution in [3.8, 4) is 34.4 Å². The Morgan fingerprint density at radius 2 is 1.02 bits per heavy atom. The van der Waals surface area contributed by atoms with Crippen LogP contribution in [0, 0.1) is 0 Å². The summed E-state index contributed by atoms with van der Waals surface area (Å²) in [6, 6.07) is 48.6. The van der Waals surface area contributed by atoms with E-state index >= 15 is 0 Å². The summed E-state index contributed by atoms with van der Waals surface area (Å²) in [5.74, 6) is 1.73. The van der Waals surface area contributed by atoms with Crippen LogP contribution in [0.25, 0.3) is 88.2 Å². The van der Waals surface area contributed by atoms with Crippen LogP contribution in [0.2, 0.25) is 0 Å². The molecule has 6 aromatic carbocycles. The summed E-state index contributed by atoms with van der Waals surface area (Å²) >= 11 is 1.60. The molecule has 7 heteroatoms. The number of rotatable bonds is 4. The zero-order chi connectivity index (χ0) is 30.9. The largest absolute Gasteiger partial charge is 0.278 e. The molecule has 10 aromatic rings. The Bertz CT molecular complexity index is 2760. The number of fused-ring (bicyclic) bond motifs is 7. The van der Waals surface area contributed by atoms with Crippen molar-refractivity contribution >= 4 is 65.2 Å². The number of hydrogen-bond donors (Lipinski definition) is 0. The molecule has 0 fully saturated rings. The second-order valence-corrected chi connectivity index (χ2v) is 12.4. The first kappa shape index (κ1) is 26.1. The average Bonchev–Trinajstić information content (AvgIpc) is 3.84. The summed E-state index contributed by atoms with van der Waals surface area (Å²) in [7, 11) is 0. The van der Waals surface area contributed by atoms with Crippen LogP contribution in [0.4, 0.5) is 0 Å². The number of para-hydroxylation sites is 3. The van der Waals surface area contributed by atoms with E-state index in [0.29, 0.717) is 17.7 Å². The van der Waals surface area contributed by atoms with Crippen molar-refractivity contribution in [3.63, 3.8) is 0 Å². The molecule has 4 heterocycles. The normalized spacial score (nSPS) is 11.8. The molecule has 0 bridgehead atoms. The minimum Gasteiger partial charge on any atom is -0.278 e. The number of hydrogen-bond acceptors (Lipinski definition) is 5. The van der Waals surface area contributed by atoms with Crippen molar-refractivity contribution in [1.29, 1.82) is 0 Å². The van der Waals surface area contributed by atoms with E-state index in [9.17, 15) is 0 Å². The van der Waals surface area contributed by atoms with E-state index in [0.717, 1.165) is 59.4 Å². The van der Waals surface area contributed by atoms with Gasteiger partial charge in [-0.15, -0.1) is 11.3 Å². The van der Waals surface area contributed by atoms with Gasteiger partial charge in [0.05, 0.1) is 37.8 Å². The molecular formula is C40H24N6S. The number of thiazole rings is 1. The van der Waals surface area contributed by atoms with Gasteiger partial charge in [0.1, 0.15) is 0 Å². The molecule has 0 aliphatic carbocycles. The standard InChI is InChI=1S/C40H24N6S/c1-2-11-25(12-3-1)26-21-22-36-31(23-26)29-15-6-9-20-35(29)46(36)40-43-38(30-16-10-17-32-37(30)47-24-41-32)42-39(44-40)45-33-18-7-4-13-27(33)28-14-5-8-19-34(28)45/h1-24H. The number of benzene rings is 6. The van der Waals surface area contributed by atoms with E-state index in [4.69, 9.17) is 15.0 Å². The van der Waals surface area contributed by atoms with Gasteiger partial charge in [0, 0.05) is 27.1 Å². The Hall–Kier alpha value is -6.18. The molecule has 0 N–H and O–H groups in total. The molecule has 0 spiro atoms. The Balaban J connectivity index is 1.31. The Labute approximate surface area is 272 Å². The molecular weight excluding hydrogens is 597 g/mol. The summed E-state index contributed by atoms with van der Waals surface area (Å²) in [5, 5.41) is 4.60. The van der Waals surface area contributed by atoms with Crippen LogP contribution >= 0.6 is 11.3 Å². The Morgan fingerprint density at radius 3 is 1.68 bits per heavy atom. The minimum atomic E-state index is 0.562. The first-order valence-electron chi connectivity index (χ1n) is 15.5. The Kier molecular flexibility index (Phi) is 5.64. The number of aromatic nitrogens is 6. The van der Waals surface area contributed by atoms with Crippen LogP contribution in [0.15, 0.2) is 145 Å². The monoisotopic (exact) mass is 620 g/mol. The zero-order valence-electron chi connectivity index (χ0n) is 24.9. The van der Waals surface area contributed by atoms with E-state index in [1.807, 2.05) is 23.7 Å². The molecule has 0 atom stereocenters. The molecule has 0 saturated carbocycles. The van der Waals surface area contributed by atoms with Gasteiger partial charge in [-0.2, -0.15) is 15.0 Å².